The first kappa shape index (κ1) is 12.4. The molecule has 0 amide bonds. The van der Waals surface area contributed by atoms with Crippen molar-refractivity contribution >= 4 is 0 Å². The molecule has 1 aromatic heterocycles. The second-order valence-corrected chi connectivity index (χ2v) is 4.13. The SMILES string of the molecule is CC(N=c1ccccn1O)C(O)c1ccccc1. The van der Waals surface area contributed by atoms with Gasteiger partial charge in [0.2, 0.25) is 0 Å². The van der Waals surface area contributed by atoms with E-state index >= 15 is 0 Å². The number of hydrogen-bond donors (Lipinski definition) is 2. The van der Waals surface area contributed by atoms with Gasteiger partial charge >= 0.3 is 0 Å². The Morgan fingerprint density at radius 3 is 2.39 bits per heavy atom. The number of hydrogen-bond acceptors (Lipinski definition) is 3. The molecule has 0 bridgehead atoms. The Labute approximate surface area is 105 Å². The number of aliphatic hydroxyl groups excluding tert-OH is 1. The molecule has 2 rings (SSSR count). The van der Waals surface area contributed by atoms with E-state index in [1.807, 2.05) is 37.3 Å². The number of aromatic nitrogens is 1. The molecule has 2 atom stereocenters. The summed E-state index contributed by atoms with van der Waals surface area (Å²) in [5, 5.41) is 19.7. The van der Waals surface area contributed by atoms with Gasteiger partial charge in [0, 0.05) is 6.20 Å². The molecule has 4 nitrogen and oxygen atoms in total. The van der Waals surface area contributed by atoms with E-state index in [4.69, 9.17) is 0 Å². The fourth-order valence-electron chi connectivity index (χ4n) is 1.74. The van der Waals surface area contributed by atoms with Crippen LogP contribution in [0.4, 0.5) is 0 Å². The minimum absolute atomic E-state index is 0.340. The standard InChI is InChI=1S/C14H16N2O2/c1-11(14(17)12-7-3-2-4-8-12)15-13-9-5-6-10-16(13)18/h2-11,14,17-18H,1H3. The molecule has 2 aromatic rings. The zero-order chi connectivity index (χ0) is 13.0. The number of benzene rings is 1. The van der Waals surface area contributed by atoms with Crippen LogP contribution in [0.2, 0.25) is 0 Å². The molecule has 0 aliphatic carbocycles. The first-order valence-corrected chi connectivity index (χ1v) is 5.82. The zero-order valence-electron chi connectivity index (χ0n) is 10.1. The third kappa shape index (κ3) is 2.78. The summed E-state index contributed by atoms with van der Waals surface area (Å²) in [5.41, 5.74) is 1.23. The fraction of sp³-hybridized carbons (Fsp3) is 0.214. The average Bonchev–Trinajstić information content (AvgIpc) is 2.41. The summed E-state index contributed by atoms with van der Waals surface area (Å²) < 4.78 is 0.939. The Kier molecular flexibility index (Phi) is 3.79. The van der Waals surface area contributed by atoms with Crippen LogP contribution in [0, 0.1) is 0 Å². The van der Waals surface area contributed by atoms with Crippen LogP contribution in [0.1, 0.15) is 18.6 Å². The van der Waals surface area contributed by atoms with Crippen molar-refractivity contribution < 1.29 is 10.3 Å². The van der Waals surface area contributed by atoms with Crippen LogP contribution in [-0.2, 0) is 0 Å². The minimum atomic E-state index is -0.689. The van der Waals surface area contributed by atoms with Gasteiger partial charge in [-0.05, 0) is 24.6 Å². The van der Waals surface area contributed by atoms with Crippen LogP contribution in [-0.4, -0.2) is 21.1 Å². The first-order valence-electron chi connectivity index (χ1n) is 5.82. The lowest BCUT2D eigenvalue weighted by Crippen LogP contribution is -2.23. The predicted octanol–water partition coefficient (Wildman–Crippen LogP) is 1.75. The van der Waals surface area contributed by atoms with Crippen molar-refractivity contribution in [1.29, 1.82) is 0 Å². The first-order chi connectivity index (χ1) is 8.68. The van der Waals surface area contributed by atoms with Gasteiger partial charge in [0.15, 0.2) is 5.49 Å². The highest BCUT2D eigenvalue weighted by Gasteiger charge is 2.14. The summed E-state index contributed by atoms with van der Waals surface area (Å²) in [7, 11) is 0. The second-order valence-electron chi connectivity index (χ2n) is 4.13. The van der Waals surface area contributed by atoms with Crippen LogP contribution in [0.3, 0.4) is 0 Å². The molecule has 0 aliphatic heterocycles. The second kappa shape index (κ2) is 5.51. The smallest absolute Gasteiger partial charge is 0.163 e. The summed E-state index contributed by atoms with van der Waals surface area (Å²) in [6.45, 7) is 1.81. The third-order valence-electron chi connectivity index (χ3n) is 2.75. The molecule has 0 fully saturated rings. The van der Waals surface area contributed by atoms with Gasteiger partial charge in [-0.3, -0.25) is 4.99 Å². The Morgan fingerprint density at radius 1 is 1.06 bits per heavy atom. The Balaban J connectivity index is 2.26. The van der Waals surface area contributed by atoms with E-state index in [-0.39, 0.29) is 6.04 Å². The van der Waals surface area contributed by atoms with Crippen molar-refractivity contribution in [3.63, 3.8) is 0 Å². The van der Waals surface area contributed by atoms with Gasteiger partial charge in [0.25, 0.3) is 0 Å². The molecule has 0 radical (unpaired) electrons. The molecule has 1 heterocycles. The molecule has 2 N–H and O–H groups in total. The van der Waals surface area contributed by atoms with Crippen LogP contribution in [0.5, 0.6) is 0 Å². The molecule has 2 unspecified atom stereocenters. The van der Waals surface area contributed by atoms with Gasteiger partial charge in [0.1, 0.15) is 6.10 Å². The van der Waals surface area contributed by atoms with Crippen molar-refractivity contribution in [2.75, 3.05) is 0 Å². The lowest BCUT2D eigenvalue weighted by atomic mass is 10.0. The van der Waals surface area contributed by atoms with E-state index in [1.165, 1.54) is 6.20 Å². The number of nitrogens with zero attached hydrogens (tertiary/aromatic N) is 2. The molecule has 94 valence electrons. The van der Waals surface area contributed by atoms with Crippen molar-refractivity contribution in [3.05, 3.63) is 65.8 Å². The lowest BCUT2D eigenvalue weighted by molar-refractivity contribution is 0.144. The maximum atomic E-state index is 10.2. The summed E-state index contributed by atoms with van der Waals surface area (Å²) in [6, 6.07) is 14.2. The van der Waals surface area contributed by atoms with E-state index in [0.717, 1.165) is 10.3 Å². The molecule has 0 saturated carbocycles. The summed E-state index contributed by atoms with van der Waals surface area (Å²) in [6.07, 6.45) is 0.812. The number of rotatable bonds is 3. The summed E-state index contributed by atoms with van der Waals surface area (Å²) in [5.74, 6) is 0. The van der Waals surface area contributed by atoms with Crippen molar-refractivity contribution in [1.82, 2.24) is 4.73 Å². The van der Waals surface area contributed by atoms with E-state index in [9.17, 15) is 10.3 Å². The Bertz CT molecular complexity index is 563. The molecular formula is C14H16N2O2. The Morgan fingerprint density at radius 2 is 1.72 bits per heavy atom. The van der Waals surface area contributed by atoms with Crippen molar-refractivity contribution in [2.24, 2.45) is 4.99 Å². The predicted molar refractivity (Wildman–Crippen MR) is 68.0 cm³/mol. The molecular weight excluding hydrogens is 228 g/mol. The van der Waals surface area contributed by atoms with Crippen LogP contribution in [0.25, 0.3) is 0 Å². The number of aliphatic hydroxyl groups is 1. The summed E-state index contributed by atoms with van der Waals surface area (Å²) >= 11 is 0. The van der Waals surface area contributed by atoms with Gasteiger partial charge in [0.05, 0.1) is 6.04 Å². The largest absolute Gasteiger partial charge is 0.427 e. The van der Waals surface area contributed by atoms with Crippen LogP contribution in [0.15, 0.2) is 59.7 Å². The third-order valence-corrected chi connectivity index (χ3v) is 2.75. The van der Waals surface area contributed by atoms with E-state index in [1.54, 1.807) is 18.2 Å². The van der Waals surface area contributed by atoms with Gasteiger partial charge < -0.3 is 10.3 Å². The lowest BCUT2D eigenvalue weighted by Gasteiger charge is -2.15. The van der Waals surface area contributed by atoms with Gasteiger partial charge in [-0.1, -0.05) is 36.4 Å². The highest BCUT2D eigenvalue weighted by atomic mass is 16.5. The topological polar surface area (TPSA) is 57.8 Å². The zero-order valence-corrected chi connectivity index (χ0v) is 10.1. The van der Waals surface area contributed by atoms with Gasteiger partial charge in [-0.25, -0.2) is 0 Å². The molecule has 18 heavy (non-hydrogen) atoms. The number of pyridine rings is 1. The molecule has 0 saturated heterocycles. The van der Waals surface area contributed by atoms with Gasteiger partial charge in [-0.2, -0.15) is 4.73 Å². The van der Waals surface area contributed by atoms with Crippen molar-refractivity contribution in [2.45, 2.75) is 19.1 Å². The monoisotopic (exact) mass is 244 g/mol. The summed E-state index contributed by atoms with van der Waals surface area (Å²) in [4.78, 5) is 4.30. The maximum absolute atomic E-state index is 10.2. The Hall–Kier alpha value is -2.07. The highest BCUT2D eigenvalue weighted by molar-refractivity contribution is 5.18. The van der Waals surface area contributed by atoms with E-state index in [0.29, 0.717) is 5.49 Å². The fourth-order valence-corrected chi connectivity index (χ4v) is 1.74. The van der Waals surface area contributed by atoms with E-state index in [2.05, 4.69) is 4.99 Å². The molecule has 1 aromatic carbocycles. The minimum Gasteiger partial charge on any atom is -0.427 e. The van der Waals surface area contributed by atoms with Crippen molar-refractivity contribution in [3.8, 4) is 0 Å². The molecule has 0 spiro atoms. The molecule has 4 heteroatoms. The van der Waals surface area contributed by atoms with E-state index < -0.39 is 6.10 Å². The van der Waals surface area contributed by atoms with Crippen LogP contribution >= 0.6 is 0 Å². The quantitative estimate of drug-likeness (QED) is 0.808. The molecule has 0 aliphatic rings. The highest BCUT2D eigenvalue weighted by Crippen LogP contribution is 2.17. The van der Waals surface area contributed by atoms with Crippen LogP contribution < -0.4 is 5.49 Å². The maximum Gasteiger partial charge on any atom is 0.163 e. The van der Waals surface area contributed by atoms with Gasteiger partial charge in [-0.15, -0.1) is 0 Å². The normalized spacial score (nSPS) is 15.3. The average molecular weight is 244 g/mol.